The van der Waals surface area contributed by atoms with E-state index in [2.05, 4.69) is 5.32 Å². The third-order valence-electron chi connectivity index (χ3n) is 4.43. The Labute approximate surface area is 168 Å². The number of benzene rings is 3. The summed E-state index contributed by atoms with van der Waals surface area (Å²) in [6, 6.07) is 18.2. The van der Waals surface area contributed by atoms with Gasteiger partial charge in [-0.2, -0.15) is 0 Å². The summed E-state index contributed by atoms with van der Waals surface area (Å²) in [4.78, 5) is 24.5. The standard InChI is InChI=1S/C21H20N2O5S/c1-14(15-9-11-17(12-10-15)29(22,26)27)23-20(24)13-28-21(25)19-8-4-6-16-5-2-3-7-18(16)19/h2-12,14H,13H2,1H3,(H,23,24)(H2,22,26,27)/t14-/m0/s1. The van der Waals surface area contributed by atoms with Crippen molar-refractivity contribution >= 4 is 32.7 Å². The number of hydrogen-bond acceptors (Lipinski definition) is 5. The molecule has 8 heteroatoms. The lowest BCUT2D eigenvalue weighted by molar-refractivity contribution is -0.124. The summed E-state index contributed by atoms with van der Waals surface area (Å²) in [6.07, 6.45) is 0. The van der Waals surface area contributed by atoms with Gasteiger partial charge in [0.25, 0.3) is 5.91 Å². The maximum absolute atomic E-state index is 12.4. The SMILES string of the molecule is C[C@H](NC(=O)COC(=O)c1cccc2ccccc12)c1ccc(S(N)(=O)=O)cc1. The number of carbonyl (C=O) groups excluding carboxylic acids is 2. The van der Waals surface area contributed by atoms with Crippen LogP contribution in [0.15, 0.2) is 71.6 Å². The van der Waals surface area contributed by atoms with Gasteiger partial charge in [0, 0.05) is 0 Å². The summed E-state index contributed by atoms with van der Waals surface area (Å²) < 4.78 is 27.7. The number of hydrogen-bond donors (Lipinski definition) is 2. The van der Waals surface area contributed by atoms with Crippen LogP contribution in [0.5, 0.6) is 0 Å². The molecular formula is C21H20N2O5S. The Morgan fingerprint density at radius 1 is 1.00 bits per heavy atom. The lowest BCUT2D eigenvalue weighted by atomic mass is 10.1. The van der Waals surface area contributed by atoms with Gasteiger partial charge in [-0.3, -0.25) is 4.79 Å². The molecule has 1 atom stereocenters. The molecule has 0 saturated heterocycles. The first-order valence-corrected chi connectivity index (χ1v) is 10.4. The van der Waals surface area contributed by atoms with Gasteiger partial charge in [-0.1, -0.05) is 48.5 Å². The number of nitrogens with two attached hydrogens (primary N) is 1. The smallest absolute Gasteiger partial charge is 0.339 e. The molecule has 3 aromatic carbocycles. The Balaban J connectivity index is 1.60. The Hall–Kier alpha value is -3.23. The lowest BCUT2D eigenvalue weighted by Crippen LogP contribution is -2.31. The average molecular weight is 412 g/mol. The summed E-state index contributed by atoms with van der Waals surface area (Å²) >= 11 is 0. The topological polar surface area (TPSA) is 116 Å². The summed E-state index contributed by atoms with van der Waals surface area (Å²) in [5.41, 5.74) is 1.08. The highest BCUT2D eigenvalue weighted by molar-refractivity contribution is 7.89. The van der Waals surface area contributed by atoms with Crippen LogP contribution in [0.2, 0.25) is 0 Å². The van der Waals surface area contributed by atoms with Crippen LogP contribution < -0.4 is 10.5 Å². The van der Waals surface area contributed by atoms with E-state index in [1.165, 1.54) is 12.1 Å². The van der Waals surface area contributed by atoms with Crippen molar-refractivity contribution in [2.45, 2.75) is 17.9 Å². The van der Waals surface area contributed by atoms with E-state index in [-0.39, 0.29) is 4.90 Å². The van der Waals surface area contributed by atoms with E-state index >= 15 is 0 Å². The molecule has 3 aromatic rings. The fourth-order valence-electron chi connectivity index (χ4n) is 2.92. The predicted molar refractivity (Wildman–Crippen MR) is 109 cm³/mol. The number of carbonyl (C=O) groups is 2. The highest BCUT2D eigenvalue weighted by Gasteiger charge is 2.15. The second kappa shape index (κ2) is 8.42. The zero-order valence-electron chi connectivity index (χ0n) is 15.7. The Bertz CT molecular complexity index is 1150. The van der Waals surface area contributed by atoms with E-state index in [1.54, 1.807) is 31.2 Å². The molecule has 29 heavy (non-hydrogen) atoms. The van der Waals surface area contributed by atoms with Gasteiger partial charge < -0.3 is 10.1 Å². The van der Waals surface area contributed by atoms with Crippen LogP contribution in [-0.4, -0.2) is 26.9 Å². The fraction of sp³-hybridized carbons (Fsp3) is 0.143. The molecule has 150 valence electrons. The predicted octanol–water partition coefficient (Wildman–Crippen LogP) is 2.52. The molecule has 0 spiro atoms. The molecule has 3 rings (SSSR count). The fourth-order valence-corrected chi connectivity index (χ4v) is 3.44. The lowest BCUT2D eigenvalue weighted by Gasteiger charge is -2.15. The molecule has 0 heterocycles. The minimum absolute atomic E-state index is 0.0104. The third-order valence-corrected chi connectivity index (χ3v) is 5.36. The molecule has 0 aliphatic heterocycles. The number of sulfonamides is 1. The second-order valence-corrected chi connectivity index (χ2v) is 8.07. The number of ether oxygens (including phenoxy) is 1. The molecule has 0 aromatic heterocycles. The van der Waals surface area contributed by atoms with Crippen molar-refractivity contribution in [2.24, 2.45) is 5.14 Å². The van der Waals surface area contributed by atoms with Crippen LogP contribution >= 0.6 is 0 Å². The molecule has 0 aliphatic carbocycles. The molecule has 0 saturated carbocycles. The van der Waals surface area contributed by atoms with Crippen molar-refractivity contribution in [1.82, 2.24) is 5.32 Å². The minimum Gasteiger partial charge on any atom is -0.452 e. The quantitative estimate of drug-likeness (QED) is 0.604. The normalized spacial score (nSPS) is 12.3. The summed E-state index contributed by atoms with van der Waals surface area (Å²) in [5.74, 6) is -1.05. The maximum Gasteiger partial charge on any atom is 0.339 e. The number of esters is 1. The number of fused-ring (bicyclic) bond motifs is 1. The number of amides is 1. The molecule has 0 fully saturated rings. The first-order chi connectivity index (χ1) is 13.8. The zero-order valence-corrected chi connectivity index (χ0v) is 16.5. The van der Waals surface area contributed by atoms with Gasteiger partial charge in [0.15, 0.2) is 6.61 Å². The molecule has 7 nitrogen and oxygen atoms in total. The van der Waals surface area contributed by atoms with Gasteiger partial charge in [-0.15, -0.1) is 0 Å². The van der Waals surface area contributed by atoms with Crippen molar-refractivity contribution in [3.05, 3.63) is 77.9 Å². The molecule has 0 unspecified atom stereocenters. The number of rotatable bonds is 6. The highest BCUT2D eigenvalue weighted by atomic mass is 32.2. The van der Waals surface area contributed by atoms with Crippen molar-refractivity contribution in [2.75, 3.05) is 6.61 Å². The van der Waals surface area contributed by atoms with E-state index in [1.807, 2.05) is 30.3 Å². The van der Waals surface area contributed by atoms with Crippen molar-refractivity contribution in [1.29, 1.82) is 0 Å². The number of nitrogens with one attached hydrogen (secondary N) is 1. The molecule has 3 N–H and O–H groups in total. The first-order valence-electron chi connectivity index (χ1n) is 8.83. The van der Waals surface area contributed by atoms with Crippen molar-refractivity contribution in [3.63, 3.8) is 0 Å². The molecule has 0 aliphatic rings. The van der Waals surface area contributed by atoms with Gasteiger partial charge in [0.2, 0.25) is 10.0 Å². The molecule has 0 bridgehead atoms. The first kappa shape index (κ1) is 20.5. The highest BCUT2D eigenvalue weighted by Crippen LogP contribution is 2.19. The summed E-state index contributed by atoms with van der Waals surface area (Å²) in [6.45, 7) is 1.30. The Morgan fingerprint density at radius 3 is 2.34 bits per heavy atom. The van der Waals surface area contributed by atoms with E-state index < -0.39 is 34.5 Å². The molecular weight excluding hydrogens is 392 g/mol. The van der Waals surface area contributed by atoms with E-state index in [0.717, 1.165) is 10.8 Å². The third kappa shape index (κ3) is 4.98. The van der Waals surface area contributed by atoms with Gasteiger partial charge >= 0.3 is 5.97 Å². The monoisotopic (exact) mass is 412 g/mol. The van der Waals surface area contributed by atoms with Gasteiger partial charge in [-0.05, 0) is 41.5 Å². The van der Waals surface area contributed by atoms with Crippen LogP contribution in [0, 0.1) is 0 Å². The maximum atomic E-state index is 12.4. The average Bonchev–Trinajstić information content (AvgIpc) is 2.71. The van der Waals surface area contributed by atoms with Gasteiger partial charge in [-0.25, -0.2) is 18.4 Å². The van der Waals surface area contributed by atoms with Crippen molar-refractivity contribution in [3.8, 4) is 0 Å². The van der Waals surface area contributed by atoms with Crippen LogP contribution in [0.25, 0.3) is 10.8 Å². The summed E-state index contributed by atoms with van der Waals surface area (Å²) in [7, 11) is -3.77. The minimum atomic E-state index is -3.77. The summed E-state index contributed by atoms with van der Waals surface area (Å²) in [5, 5.41) is 9.43. The molecule has 1 amide bonds. The van der Waals surface area contributed by atoms with Crippen molar-refractivity contribution < 1.29 is 22.7 Å². The van der Waals surface area contributed by atoms with Crippen LogP contribution in [-0.2, 0) is 19.6 Å². The van der Waals surface area contributed by atoms with Crippen LogP contribution in [0.1, 0.15) is 28.9 Å². The Kier molecular flexibility index (Phi) is 5.95. The van der Waals surface area contributed by atoms with Crippen LogP contribution in [0.4, 0.5) is 0 Å². The van der Waals surface area contributed by atoms with E-state index in [9.17, 15) is 18.0 Å². The van der Waals surface area contributed by atoms with E-state index in [0.29, 0.717) is 11.1 Å². The van der Waals surface area contributed by atoms with E-state index in [4.69, 9.17) is 9.88 Å². The second-order valence-electron chi connectivity index (χ2n) is 6.51. The zero-order chi connectivity index (χ0) is 21.0. The van der Waals surface area contributed by atoms with Crippen LogP contribution in [0.3, 0.4) is 0 Å². The Morgan fingerprint density at radius 2 is 1.66 bits per heavy atom. The van der Waals surface area contributed by atoms with Gasteiger partial charge in [0.05, 0.1) is 16.5 Å². The largest absolute Gasteiger partial charge is 0.452 e. The molecule has 0 radical (unpaired) electrons. The van der Waals surface area contributed by atoms with Gasteiger partial charge in [0.1, 0.15) is 0 Å². The number of primary sulfonamides is 1.